The summed E-state index contributed by atoms with van der Waals surface area (Å²) in [4.78, 5) is 10.7. The molecule has 0 bridgehead atoms. The standard InChI is InChI=1S/C14H11ClO2/c15-13-8-4-7-11(12(13)9-14(16)17)10-5-2-1-3-6-10/h1-8H,9H2,(H,16,17)/p-1. The van der Waals surface area contributed by atoms with Gasteiger partial charge in [0.25, 0.3) is 0 Å². The fourth-order valence-electron chi connectivity index (χ4n) is 1.77. The highest BCUT2D eigenvalue weighted by Crippen LogP contribution is 2.29. The van der Waals surface area contributed by atoms with Crippen molar-refractivity contribution in [3.05, 3.63) is 59.1 Å². The highest BCUT2D eigenvalue weighted by atomic mass is 35.5. The molecule has 0 unspecified atom stereocenters. The molecule has 17 heavy (non-hydrogen) atoms. The van der Waals surface area contributed by atoms with E-state index >= 15 is 0 Å². The summed E-state index contributed by atoms with van der Waals surface area (Å²) >= 11 is 6.03. The Bertz CT molecular complexity index is 535. The summed E-state index contributed by atoms with van der Waals surface area (Å²) in [6, 6.07) is 14.9. The van der Waals surface area contributed by atoms with Gasteiger partial charge >= 0.3 is 0 Å². The predicted octanol–water partition coefficient (Wildman–Crippen LogP) is 2.30. The first kappa shape index (κ1) is 11.7. The number of carbonyl (C=O) groups is 1. The van der Waals surface area contributed by atoms with Gasteiger partial charge in [-0.25, -0.2) is 0 Å². The third-order valence-corrected chi connectivity index (χ3v) is 2.88. The molecular formula is C14H10ClO2-. The molecule has 0 radical (unpaired) electrons. The molecule has 2 rings (SSSR count). The van der Waals surface area contributed by atoms with Crippen molar-refractivity contribution in [1.29, 1.82) is 0 Å². The third kappa shape index (κ3) is 2.66. The highest BCUT2D eigenvalue weighted by molar-refractivity contribution is 6.32. The van der Waals surface area contributed by atoms with E-state index in [0.717, 1.165) is 11.1 Å². The van der Waals surface area contributed by atoms with Crippen molar-refractivity contribution < 1.29 is 9.90 Å². The molecule has 86 valence electrons. The van der Waals surface area contributed by atoms with Crippen LogP contribution in [-0.4, -0.2) is 5.97 Å². The fraction of sp³-hybridized carbons (Fsp3) is 0.0714. The predicted molar refractivity (Wildman–Crippen MR) is 65.6 cm³/mol. The van der Waals surface area contributed by atoms with Gasteiger partial charge < -0.3 is 9.90 Å². The summed E-state index contributed by atoms with van der Waals surface area (Å²) in [6.45, 7) is 0. The van der Waals surface area contributed by atoms with Gasteiger partial charge in [-0.05, 0) is 22.8 Å². The van der Waals surface area contributed by atoms with Gasteiger partial charge in [-0.1, -0.05) is 54.1 Å². The summed E-state index contributed by atoms with van der Waals surface area (Å²) in [7, 11) is 0. The smallest absolute Gasteiger partial charge is 0.0458 e. The molecular weight excluding hydrogens is 236 g/mol. The molecule has 0 heterocycles. The quantitative estimate of drug-likeness (QED) is 0.833. The molecule has 0 aromatic heterocycles. The SMILES string of the molecule is O=C([O-])Cc1c(Cl)cccc1-c1ccccc1. The van der Waals surface area contributed by atoms with Crippen LogP contribution < -0.4 is 5.11 Å². The normalized spacial score (nSPS) is 10.2. The molecule has 0 saturated heterocycles. The van der Waals surface area contributed by atoms with Gasteiger partial charge in [-0.3, -0.25) is 0 Å². The monoisotopic (exact) mass is 245 g/mol. The molecule has 3 heteroatoms. The van der Waals surface area contributed by atoms with E-state index in [1.807, 2.05) is 42.5 Å². The van der Waals surface area contributed by atoms with E-state index in [2.05, 4.69) is 0 Å². The molecule has 0 aliphatic heterocycles. The van der Waals surface area contributed by atoms with Crippen LogP contribution in [0.2, 0.25) is 5.02 Å². The number of rotatable bonds is 3. The number of halogens is 1. The summed E-state index contributed by atoms with van der Waals surface area (Å²) in [5, 5.41) is 11.2. The second kappa shape index (κ2) is 5.02. The van der Waals surface area contributed by atoms with Gasteiger partial charge in [0.2, 0.25) is 0 Å². The Hall–Kier alpha value is -1.80. The lowest BCUT2D eigenvalue weighted by molar-refractivity contribution is -0.304. The average molecular weight is 246 g/mol. The second-order valence-electron chi connectivity index (χ2n) is 3.68. The molecule has 2 aromatic rings. The number of aliphatic carboxylic acids is 1. The van der Waals surface area contributed by atoms with Crippen molar-refractivity contribution in [1.82, 2.24) is 0 Å². The lowest BCUT2D eigenvalue weighted by Crippen LogP contribution is -2.24. The third-order valence-electron chi connectivity index (χ3n) is 2.52. The zero-order valence-corrected chi connectivity index (χ0v) is 9.78. The first-order chi connectivity index (χ1) is 8.18. The summed E-state index contributed by atoms with van der Waals surface area (Å²) < 4.78 is 0. The number of hydrogen-bond acceptors (Lipinski definition) is 2. The van der Waals surface area contributed by atoms with Crippen molar-refractivity contribution in [2.45, 2.75) is 6.42 Å². The van der Waals surface area contributed by atoms with Crippen molar-refractivity contribution in [3.63, 3.8) is 0 Å². The van der Waals surface area contributed by atoms with Crippen molar-refractivity contribution in [3.8, 4) is 11.1 Å². The first-order valence-corrected chi connectivity index (χ1v) is 5.59. The molecule has 0 N–H and O–H groups in total. The zero-order valence-electron chi connectivity index (χ0n) is 9.02. The highest BCUT2D eigenvalue weighted by Gasteiger charge is 2.08. The van der Waals surface area contributed by atoms with Crippen molar-refractivity contribution in [2.24, 2.45) is 0 Å². The van der Waals surface area contributed by atoms with Gasteiger partial charge in [0.15, 0.2) is 0 Å². The Kier molecular flexibility index (Phi) is 3.45. The summed E-state index contributed by atoms with van der Waals surface area (Å²) in [5.74, 6) is -1.13. The number of carboxylic acids is 1. The largest absolute Gasteiger partial charge is 0.550 e. The molecule has 0 saturated carbocycles. The molecule has 0 amide bonds. The van der Waals surface area contributed by atoms with Gasteiger partial charge in [0, 0.05) is 17.4 Å². The number of carboxylic acid groups (broad SMARTS) is 1. The van der Waals surface area contributed by atoms with Crippen LogP contribution in [0.3, 0.4) is 0 Å². The minimum atomic E-state index is -1.13. The van der Waals surface area contributed by atoms with Crippen molar-refractivity contribution in [2.75, 3.05) is 0 Å². The summed E-state index contributed by atoms with van der Waals surface area (Å²) in [6.07, 6.45) is -0.177. The lowest BCUT2D eigenvalue weighted by atomic mass is 9.98. The average Bonchev–Trinajstić information content (AvgIpc) is 2.32. The van der Waals surface area contributed by atoms with Gasteiger partial charge in [-0.2, -0.15) is 0 Å². The Morgan fingerprint density at radius 2 is 1.76 bits per heavy atom. The topological polar surface area (TPSA) is 40.1 Å². The van der Waals surface area contributed by atoms with Crippen LogP contribution in [0.4, 0.5) is 0 Å². The lowest BCUT2D eigenvalue weighted by Gasteiger charge is -2.12. The van der Waals surface area contributed by atoms with Crippen LogP contribution >= 0.6 is 11.6 Å². The van der Waals surface area contributed by atoms with Crippen LogP contribution in [0, 0.1) is 0 Å². The number of hydrogen-bond donors (Lipinski definition) is 0. The minimum Gasteiger partial charge on any atom is -0.550 e. The molecule has 0 fully saturated rings. The maximum atomic E-state index is 10.7. The Morgan fingerprint density at radius 3 is 2.41 bits per heavy atom. The Balaban J connectivity index is 2.54. The van der Waals surface area contributed by atoms with Gasteiger partial charge in [0.05, 0.1) is 0 Å². The molecule has 2 nitrogen and oxygen atoms in total. The van der Waals surface area contributed by atoms with Crippen LogP contribution in [0.5, 0.6) is 0 Å². The van der Waals surface area contributed by atoms with E-state index in [9.17, 15) is 9.90 Å². The maximum absolute atomic E-state index is 10.7. The molecule has 0 spiro atoms. The minimum absolute atomic E-state index is 0.177. The Labute approximate surface area is 104 Å². The van der Waals surface area contributed by atoms with Gasteiger partial charge in [0.1, 0.15) is 0 Å². The zero-order chi connectivity index (χ0) is 12.3. The summed E-state index contributed by atoms with van der Waals surface area (Å²) in [5.41, 5.74) is 2.38. The van der Waals surface area contributed by atoms with Crippen LogP contribution in [0.1, 0.15) is 5.56 Å². The van der Waals surface area contributed by atoms with Crippen LogP contribution in [0.15, 0.2) is 48.5 Å². The number of benzene rings is 2. The maximum Gasteiger partial charge on any atom is 0.0458 e. The molecule has 0 atom stereocenters. The first-order valence-electron chi connectivity index (χ1n) is 5.21. The van der Waals surface area contributed by atoms with Crippen LogP contribution in [0.25, 0.3) is 11.1 Å². The van der Waals surface area contributed by atoms with E-state index in [4.69, 9.17) is 11.6 Å². The van der Waals surface area contributed by atoms with E-state index < -0.39 is 5.97 Å². The van der Waals surface area contributed by atoms with Crippen molar-refractivity contribution >= 4 is 17.6 Å². The second-order valence-corrected chi connectivity index (χ2v) is 4.09. The Morgan fingerprint density at radius 1 is 1.06 bits per heavy atom. The van der Waals surface area contributed by atoms with E-state index in [1.54, 1.807) is 6.07 Å². The van der Waals surface area contributed by atoms with E-state index in [-0.39, 0.29) is 6.42 Å². The van der Waals surface area contributed by atoms with E-state index in [1.165, 1.54) is 0 Å². The van der Waals surface area contributed by atoms with Crippen LogP contribution in [-0.2, 0) is 11.2 Å². The number of carbonyl (C=O) groups excluding carboxylic acids is 1. The fourth-order valence-corrected chi connectivity index (χ4v) is 2.01. The molecule has 0 aliphatic rings. The van der Waals surface area contributed by atoms with E-state index in [0.29, 0.717) is 10.6 Å². The molecule has 0 aliphatic carbocycles. The van der Waals surface area contributed by atoms with Gasteiger partial charge in [-0.15, -0.1) is 0 Å². The molecule has 2 aromatic carbocycles.